The van der Waals surface area contributed by atoms with Gasteiger partial charge < -0.3 is 10.6 Å². The molecular weight excluding hydrogens is 364 g/mol. The lowest BCUT2D eigenvalue weighted by atomic mass is 9.88. The molecular formula is C21H29F2N3O2. The van der Waals surface area contributed by atoms with E-state index in [-0.39, 0.29) is 30.3 Å². The molecule has 1 aromatic carbocycles. The van der Waals surface area contributed by atoms with Gasteiger partial charge in [-0.15, -0.1) is 0 Å². The third kappa shape index (κ3) is 5.99. The van der Waals surface area contributed by atoms with E-state index in [0.717, 1.165) is 25.7 Å². The molecule has 1 aliphatic carbocycles. The predicted octanol–water partition coefficient (Wildman–Crippen LogP) is 3.66. The molecule has 154 valence electrons. The van der Waals surface area contributed by atoms with Gasteiger partial charge in [-0.3, -0.25) is 14.5 Å². The summed E-state index contributed by atoms with van der Waals surface area (Å²) in [5.41, 5.74) is 1.13. The van der Waals surface area contributed by atoms with Crippen LogP contribution >= 0.6 is 0 Å². The number of benzene rings is 1. The smallest absolute Gasteiger partial charge is 0.251 e. The molecule has 1 saturated heterocycles. The zero-order chi connectivity index (χ0) is 19.9. The fourth-order valence-corrected chi connectivity index (χ4v) is 4.07. The second-order valence-corrected chi connectivity index (χ2v) is 7.84. The minimum absolute atomic E-state index is 0.0121. The highest BCUT2D eigenvalue weighted by Gasteiger charge is 2.24. The Balaban J connectivity index is 1.50. The summed E-state index contributed by atoms with van der Waals surface area (Å²) in [6, 6.07) is 6.96. The Morgan fingerprint density at radius 3 is 2.46 bits per heavy atom. The third-order valence-electron chi connectivity index (χ3n) is 5.69. The van der Waals surface area contributed by atoms with E-state index < -0.39 is 6.43 Å². The van der Waals surface area contributed by atoms with E-state index in [4.69, 9.17) is 0 Å². The molecule has 1 saturated carbocycles. The first kappa shape index (κ1) is 20.7. The molecule has 1 aliphatic heterocycles. The number of piperidine rings is 1. The highest BCUT2D eigenvalue weighted by Crippen LogP contribution is 2.25. The van der Waals surface area contributed by atoms with E-state index in [0.29, 0.717) is 37.2 Å². The van der Waals surface area contributed by atoms with E-state index in [2.05, 4.69) is 10.6 Å². The number of amides is 2. The molecule has 7 heteroatoms. The highest BCUT2D eigenvalue weighted by atomic mass is 19.3. The van der Waals surface area contributed by atoms with Crippen LogP contribution in [-0.2, 0) is 4.79 Å². The molecule has 28 heavy (non-hydrogen) atoms. The number of likely N-dealkylation sites (tertiary alicyclic amines) is 1. The topological polar surface area (TPSA) is 61.4 Å². The number of nitrogens with zero attached hydrogens (tertiary/aromatic N) is 1. The van der Waals surface area contributed by atoms with E-state index in [1.165, 1.54) is 6.42 Å². The fraction of sp³-hybridized carbons (Fsp3) is 0.619. The maximum Gasteiger partial charge on any atom is 0.251 e. The maximum absolute atomic E-state index is 12.6. The number of hydrogen-bond acceptors (Lipinski definition) is 3. The highest BCUT2D eigenvalue weighted by molar-refractivity contribution is 5.97. The molecule has 2 amide bonds. The van der Waals surface area contributed by atoms with Crippen molar-refractivity contribution in [3.8, 4) is 0 Å². The van der Waals surface area contributed by atoms with Gasteiger partial charge in [0, 0.05) is 36.3 Å². The van der Waals surface area contributed by atoms with Gasteiger partial charge in [-0.1, -0.05) is 25.3 Å². The number of carbonyl (C=O) groups is 2. The van der Waals surface area contributed by atoms with E-state index >= 15 is 0 Å². The summed E-state index contributed by atoms with van der Waals surface area (Å²) in [4.78, 5) is 26.7. The second kappa shape index (κ2) is 9.96. The van der Waals surface area contributed by atoms with Crippen LogP contribution in [0.5, 0.6) is 0 Å². The van der Waals surface area contributed by atoms with Crippen molar-refractivity contribution >= 4 is 17.5 Å². The molecule has 0 atom stereocenters. The normalized spacial score (nSPS) is 19.5. The van der Waals surface area contributed by atoms with Gasteiger partial charge in [0.15, 0.2) is 0 Å². The summed E-state index contributed by atoms with van der Waals surface area (Å²) in [5, 5.41) is 5.93. The molecule has 0 aromatic heterocycles. The van der Waals surface area contributed by atoms with Gasteiger partial charge >= 0.3 is 0 Å². The second-order valence-electron chi connectivity index (χ2n) is 7.84. The SMILES string of the molecule is O=C(NC1CCN(CC(F)F)CC1)c1cccc(NC(=O)C2CCCCC2)c1. The van der Waals surface area contributed by atoms with Gasteiger partial charge in [0.1, 0.15) is 0 Å². The lowest BCUT2D eigenvalue weighted by Gasteiger charge is -2.32. The number of hydrogen-bond donors (Lipinski definition) is 2. The Kier molecular flexibility index (Phi) is 7.36. The molecule has 1 aromatic rings. The zero-order valence-electron chi connectivity index (χ0n) is 16.1. The average molecular weight is 393 g/mol. The van der Waals surface area contributed by atoms with Crippen LogP contribution in [-0.4, -0.2) is 48.8 Å². The third-order valence-corrected chi connectivity index (χ3v) is 5.69. The van der Waals surface area contributed by atoms with Crippen LogP contribution < -0.4 is 10.6 Å². The average Bonchev–Trinajstić information content (AvgIpc) is 2.70. The van der Waals surface area contributed by atoms with Crippen molar-refractivity contribution in [1.82, 2.24) is 10.2 Å². The van der Waals surface area contributed by atoms with Crippen LogP contribution in [0.15, 0.2) is 24.3 Å². The van der Waals surface area contributed by atoms with Gasteiger partial charge in [0.25, 0.3) is 12.3 Å². The van der Waals surface area contributed by atoms with Crippen LogP contribution in [0.3, 0.4) is 0 Å². The summed E-state index contributed by atoms with van der Waals surface area (Å²) in [7, 11) is 0. The Morgan fingerprint density at radius 2 is 1.79 bits per heavy atom. The van der Waals surface area contributed by atoms with Crippen molar-refractivity contribution in [2.45, 2.75) is 57.4 Å². The van der Waals surface area contributed by atoms with E-state index in [1.807, 2.05) is 0 Å². The van der Waals surface area contributed by atoms with Crippen LogP contribution in [0, 0.1) is 5.92 Å². The Morgan fingerprint density at radius 1 is 1.07 bits per heavy atom. The largest absolute Gasteiger partial charge is 0.349 e. The maximum atomic E-state index is 12.6. The molecule has 0 bridgehead atoms. The first-order valence-electron chi connectivity index (χ1n) is 10.2. The van der Waals surface area contributed by atoms with E-state index in [9.17, 15) is 18.4 Å². The molecule has 2 fully saturated rings. The van der Waals surface area contributed by atoms with Crippen LogP contribution in [0.1, 0.15) is 55.3 Å². The summed E-state index contributed by atoms with van der Waals surface area (Å²) in [5.74, 6) is -0.102. The van der Waals surface area contributed by atoms with Crippen molar-refractivity contribution in [1.29, 1.82) is 0 Å². The molecule has 0 spiro atoms. The monoisotopic (exact) mass is 393 g/mol. The van der Waals surface area contributed by atoms with Gasteiger partial charge in [0.2, 0.25) is 5.91 Å². The molecule has 3 rings (SSSR count). The fourth-order valence-electron chi connectivity index (χ4n) is 4.07. The number of alkyl halides is 2. The van der Waals surface area contributed by atoms with Crippen LogP contribution in [0.4, 0.5) is 14.5 Å². The summed E-state index contributed by atoms with van der Waals surface area (Å²) in [6.07, 6.45) is 4.24. The molecule has 0 radical (unpaired) electrons. The molecule has 5 nitrogen and oxygen atoms in total. The minimum Gasteiger partial charge on any atom is -0.349 e. The van der Waals surface area contributed by atoms with Crippen LogP contribution in [0.25, 0.3) is 0 Å². The number of carbonyl (C=O) groups excluding carboxylic acids is 2. The van der Waals surface area contributed by atoms with Gasteiger partial charge in [0.05, 0.1) is 6.54 Å². The van der Waals surface area contributed by atoms with Crippen molar-refractivity contribution in [3.63, 3.8) is 0 Å². The van der Waals surface area contributed by atoms with Gasteiger partial charge in [-0.05, 0) is 43.9 Å². The quantitative estimate of drug-likeness (QED) is 0.775. The standard InChI is InChI=1S/C21H29F2N3O2/c22-19(23)14-26-11-9-17(10-12-26)24-21(28)16-7-4-8-18(13-16)25-20(27)15-5-2-1-3-6-15/h4,7-8,13,15,17,19H,1-3,5-6,9-12,14H2,(H,24,28)(H,25,27). The van der Waals surface area contributed by atoms with Crippen molar-refractivity contribution in [3.05, 3.63) is 29.8 Å². The summed E-state index contributed by atoms with van der Waals surface area (Å²) < 4.78 is 24.9. The Labute approximate surface area is 164 Å². The summed E-state index contributed by atoms with van der Waals surface area (Å²) in [6.45, 7) is 0.920. The lowest BCUT2D eigenvalue weighted by molar-refractivity contribution is -0.120. The zero-order valence-corrected chi connectivity index (χ0v) is 16.1. The number of nitrogens with one attached hydrogen (secondary N) is 2. The molecule has 0 unspecified atom stereocenters. The van der Waals surface area contributed by atoms with Crippen molar-refractivity contribution in [2.75, 3.05) is 25.0 Å². The first-order chi connectivity index (χ1) is 13.5. The number of anilines is 1. The molecule has 2 N–H and O–H groups in total. The Bertz CT molecular complexity index is 669. The first-order valence-corrected chi connectivity index (χ1v) is 10.2. The molecule has 2 aliphatic rings. The predicted molar refractivity (Wildman–Crippen MR) is 105 cm³/mol. The van der Waals surface area contributed by atoms with Crippen molar-refractivity contribution in [2.24, 2.45) is 5.92 Å². The van der Waals surface area contributed by atoms with E-state index in [1.54, 1.807) is 29.2 Å². The summed E-state index contributed by atoms with van der Waals surface area (Å²) >= 11 is 0. The van der Waals surface area contributed by atoms with Crippen molar-refractivity contribution < 1.29 is 18.4 Å². The number of rotatable bonds is 6. The Hall–Kier alpha value is -2.02. The van der Waals surface area contributed by atoms with Gasteiger partial charge in [-0.25, -0.2) is 8.78 Å². The van der Waals surface area contributed by atoms with Gasteiger partial charge in [-0.2, -0.15) is 0 Å². The molecule has 1 heterocycles. The lowest BCUT2D eigenvalue weighted by Crippen LogP contribution is -2.45. The minimum atomic E-state index is -2.32. The number of halogens is 2. The van der Waals surface area contributed by atoms with Crippen LogP contribution in [0.2, 0.25) is 0 Å².